The number of nitrogens with one attached hydrogen (secondary N) is 1. The topological polar surface area (TPSA) is 39.1 Å². The molecule has 0 saturated carbocycles. The Kier molecular flexibility index (Phi) is 4.47. The van der Waals surface area contributed by atoms with Crippen LogP contribution >= 0.6 is 15.9 Å². The standard InChI is InChI=1S/C14H18BrN3O/c1-4-18-13(5-10(2)17-18)9-16-12-6-11(15)7-14(8-12)19-3/h5-8,16H,4,9H2,1-3H3. The minimum Gasteiger partial charge on any atom is -0.497 e. The lowest BCUT2D eigenvalue weighted by molar-refractivity contribution is 0.414. The van der Waals surface area contributed by atoms with E-state index in [1.54, 1.807) is 7.11 Å². The first-order valence-corrected chi connectivity index (χ1v) is 7.03. The summed E-state index contributed by atoms with van der Waals surface area (Å²) < 4.78 is 8.26. The molecule has 1 N–H and O–H groups in total. The maximum Gasteiger partial charge on any atom is 0.122 e. The lowest BCUT2D eigenvalue weighted by Gasteiger charge is -2.10. The Bertz CT molecular complexity index is 566. The fourth-order valence-electron chi connectivity index (χ4n) is 1.99. The summed E-state index contributed by atoms with van der Waals surface area (Å²) in [5.74, 6) is 0.831. The van der Waals surface area contributed by atoms with Crippen LogP contribution in [0.15, 0.2) is 28.7 Å². The van der Waals surface area contributed by atoms with Gasteiger partial charge in [-0.25, -0.2) is 0 Å². The molecule has 0 amide bonds. The Labute approximate surface area is 121 Å². The van der Waals surface area contributed by atoms with Crippen molar-refractivity contribution in [1.29, 1.82) is 0 Å². The van der Waals surface area contributed by atoms with Gasteiger partial charge in [-0.3, -0.25) is 4.68 Å². The molecule has 1 aromatic carbocycles. The van der Waals surface area contributed by atoms with E-state index in [1.807, 2.05) is 29.8 Å². The second-order valence-corrected chi connectivity index (χ2v) is 5.24. The van der Waals surface area contributed by atoms with Crippen LogP contribution in [-0.4, -0.2) is 16.9 Å². The number of benzene rings is 1. The second kappa shape index (κ2) is 6.10. The number of aryl methyl sites for hydroxylation is 2. The molecule has 0 aliphatic rings. The number of methoxy groups -OCH3 is 1. The zero-order chi connectivity index (χ0) is 13.8. The predicted octanol–water partition coefficient (Wildman–Crippen LogP) is 3.59. The maximum absolute atomic E-state index is 5.25. The first kappa shape index (κ1) is 13.9. The third-order valence-corrected chi connectivity index (χ3v) is 3.32. The quantitative estimate of drug-likeness (QED) is 0.913. The Balaban J connectivity index is 2.11. The van der Waals surface area contributed by atoms with E-state index in [1.165, 1.54) is 5.69 Å². The number of aromatic nitrogens is 2. The molecule has 2 rings (SSSR count). The van der Waals surface area contributed by atoms with Crippen LogP contribution < -0.4 is 10.1 Å². The Morgan fingerprint density at radius 1 is 1.32 bits per heavy atom. The number of halogens is 1. The summed E-state index contributed by atoms with van der Waals surface area (Å²) in [6.45, 7) is 5.73. The van der Waals surface area contributed by atoms with Crippen LogP contribution in [-0.2, 0) is 13.1 Å². The van der Waals surface area contributed by atoms with Gasteiger partial charge in [0.1, 0.15) is 5.75 Å². The van der Waals surface area contributed by atoms with E-state index >= 15 is 0 Å². The van der Waals surface area contributed by atoms with Gasteiger partial charge in [0.15, 0.2) is 0 Å². The summed E-state index contributed by atoms with van der Waals surface area (Å²) in [5.41, 5.74) is 3.25. The lowest BCUT2D eigenvalue weighted by Crippen LogP contribution is -2.07. The molecule has 0 aliphatic heterocycles. The van der Waals surface area contributed by atoms with Crippen LogP contribution in [0.3, 0.4) is 0 Å². The summed E-state index contributed by atoms with van der Waals surface area (Å²) >= 11 is 3.47. The van der Waals surface area contributed by atoms with Gasteiger partial charge in [0, 0.05) is 22.8 Å². The van der Waals surface area contributed by atoms with Crippen LogP contribution in [0.25, 0.3) is 0 Å². The Hall–Kier alpha value is -1.49. The maximum atomic E-state index is 5.25. The largest absolute Gasteiger partial charge is 0.497 e. The molecule has 0 spiro atoms. The van der Waals surface area contributed by atoms with Gasteiger partial charge in [-0.1, -0.05) is 15.9 Å². The van der Waals surface area contributed by atoms with E-state index in [0.29, 0.717) is 0 Å². The van der Waals surface area contributed by atoms with E-state index in [4.69, 9.17) is 4.74 Å². The Morgan fingerprint density at radius 2 is 2.11 bits per heavy atom. The summed E-state index contributed by atoms with van der Waals surface area (Å²) in [4.78, 5) is 0. The molecule has 0 unspecified atom stereocenters. The summed E-state index contributed by atoms with van der Waals surface area (Å²) in [7, 11) is 1.67. The highest BCUT2D eigenvalue weighted by Crippen LogP contribution is 2.24. The van der Waals surface area contributed by atoms with Crippen molar-refractivity contribution in [2.45, 2.75) is 26.9 Å². The zero-order valence-electron chi connectivity index (χ0n) is 11.4. The molecule has 1 aromatic heterocycles. The molecule has 0 atom stereocenters. The van der Waals surface area contributed by atoms with Crippen molar-refractivity contribution in [3.8, 4) is 5.75 Å². The fourth-order valence-corrected chi connectivity index (χ4v) is 2.46. The molecule has 0 radical (unpaired) electrons. The minimum atomic E-state index is 0.744. The van der Waals surface area contributed by atoms with Gasteiger partial charge in [0.25, 0.3) is 0 Å². The smallest absolute Gasteiger partial charge is 0.122 e. The average Bonchev–Trinajstić information content (AvgIpc) is 2.76. The molecule has 102 valence electrons. The highest BCUT2D eigenvalue weighted by molar-refractivity contribution is 9.10. The molecular weight excluding hydrogens is 306 g/mol. The van der Waals surface area contributed by atoms with E-state index < -0.39 is 0 Å². The number of ether oxygens (including phenoxy) is 1. The van der Waals surface area contributed by atoms with Crippen molar-refractivity contribution in [2.75, 3.05) is 12.4 Å². The molecule has 0 fully saturated rings. The molecule has 19 heavy (non-hydrogen) atoms. The summed E-state index contributed by atoms with van der Waals surface area (Å²) in [5, 5.41) is 7.83. The van der Waals surface area contributed by atoms with E-state index in [0.717, 1.165) is 34.7 Å². The van der Waals surface area contributed by atoms with E-state index in [2.05, 4.69) is 39.3 Å². The van der Waals surface area contributed by atoms with Gasteiger partial charge >= 0.3 is 0 Å². The molecule has 0 bridgehead atoms. The molecule has 2 aromatic rings. The van der Waals surface area contributed by atoms with Crippen LogP contribution in [0.5, 0.6) is 5.75 Å². The van der Waals surface area contributed by atoms with Crippen molar-refractivity contribution < 1.29 is 4.74 Å². The summed E-state index contributed by atoms with van der Waals surface area (Å²) in [6.07, 6.45) is 0. The van der Waals surface area contributed by atoms with Crippen LogP contribution in [0.1, 0.15) is 18.3 Å². The molecule has 5 heteroatoms. The third kappa shape index (κ3) is 3.50. The van der Waals surface area contributed by atoms with Gasteiger partial charge in [-0.15, -0.1) is 0 Å². The van der Waals surface area contributed by atoms with Crippen molar-refractivity contribution in [1.82, 2.24) is 9.78 Å². The predicted molar refractivity (Wildman–Crippen MR) is 80.7 cm³/mol. The van der Waals surface area contributed by atoms with Gasteiger partial charge in [0.05, 0.1) is 25.0 Å². The number of hydrogen-bond donors (Lipinski definition) is 1. The van der Waals surface area contributed by atoms with Crippen molar-refractivity contribution >= 4 is 21.6 Å². The van der Waals surface area contributed by atoms with Gasteiger partial charge in [0.2, 0.25) is 0 Å². The highest BCUT2D eigenvalue weighted by Gasteiger charge is 2.05. The van der Waals surface area contributed by atoms with Gasteiger partial charge in [-0.2, -0.15) is 5.10 Å². The van der Waals surface area contributed by atoms with Crippen molar-refractivity contribution in [3.05, 3.63) is 40.1 Å². The fraction of sp³-hybridized carbons (Fsp3) is 0.357. The minimum absolute atomic E-state index is 0.744. The van der Waals surface area contributed by atoms with E-state index in [-0.39, 0.29) is 0 Å². The highest BCUT2D eigenvalue weighted by atomic mass is 79.9. The zero-order valence-corrected chi connectivity index (χ0v) is 13.0. The Morgan fingerprint density at radius 3 is 2.79 bits per heavy atom. The lowest BCUT2D eigenvalue weighted by atomic mass is 10.3. The molecule has 1 heterocycles. The van der Waals surface area contributed by atoms with Crippen molar-refractivity contribution in [2.24, 2.45) is 0 Å². The normalized spacial score (nSPS) is 10.5. The number of hydrogen-bond acceptors (Lipinski definition) is 3. The monoisotopic (exact) mass is 323 g/mol. The molecular formula is C14H18BrN3O. The van der Waals surface area contributed by atoms with Crippen molar-refractivity contribution in [3.63, 3.8) is 0 Å². The number of rotatable bonds is 5. The molecule has 0 saturated heterocycles. The SMILES string of the molecule is CCn1nc(C)cc1CNc1cc(Br)cc(OC)c1. The first-order chi connectivity index (χ1) is 9.12. The third-order valence-electron chi connectivity index (χ3n) is 2.87. The average molecular weight is 324 g/mol. The van der Waals surface area contributed by atoms with Gasteiger partial charge < -0.3 is 10.1 Å². The molecule has 0 aliphatic carbocycles. The number of nitrogens with zero attached hydrogens (tertiary/aromatic N) is 2. The number of anilines is 1. The molecule has 4 nitrogen and oxygen atoms in total. The van der Waals surface area contributed by atoms with Crippen LogP contribution in [0.4, 0.5) is 5.69 Å². The first-order valence-electron chi connectivity index (χ1n) is 6.24. The van der Waals surface area contributed by atoms with Crippen LogP contribution in [0.2, 0.25) is 0 Å². The van der Waals surface area contributed by atoms with E-state index in [9.17, 15) is 0 Å². The second-order valence-electron chi connectivity index (χ2n) is 4.33. The summed E-state index contributed by atoms with van der Waals surface area (Å²) in [6, 6.07) is 8.05. The van der Waals surface area contributed by atoms with Gasteiger partial charge in [-0.05, 0) is 32.0 Å². The van der Waals surface area contributed by atoms with Crippen LogP contribution in [0, 0.1) is 6.92 Å².